The van der Waals surface area contributed by atoms with Crippen molar-refractivity contribution in [3.63, 3.8) is 0 Å². The molecule has 188 valence electrons. The Balaban J connectivity index is 1.17. The van der Waals surface area contributed by atoms with E-state index in [0.29, 0.717) is 36.9 Å². The smallest absolute Gasteiger partial charge is 0.321 e. The molecule has 37 heavy (non-hydrogen) atoms. The van der Waals surface area contributed by atoms with E-state index in [1.807, 2.05) is 72.8 Å². The van der Waals surface area contributed by atoms with Gasteiger partial charge in [0.2, 0.25) is 0 Å². The number of pyridine rings is 1. The fraction of sp³-hybridized carbons (Fsp3) is 0.207. The fourth-order valence-corrected chi connectivity index (χ4v) is 4.62. The fourth-order valence-electron chi connectivity index (χ4n) is 4.42. The molecule has 0 bridgehead atoms. The van der Waals surface area contributed by atoms with Gasteiger partial charge in [-0.25, -0.2) is 9.78 Å². The Morgan fingerprint density at radius 2 is 1.51 bits per heavy atom. The summed E-state index contributed by atoms with van der Waals surface area (Å²) in [5, 5.41) is 7.70. The molecule has 1 aromatic heterocycles. The molecule has 3 aromatic carbocycles. The Labute approximate surface area is 221 Å². The SMILES string of the molecule is CCc1ccc(NC(=O)N2CCN(C(=O)c3ccc(Nc4cc(Cl)nc5ccccc45)cc3)CC2)cc1. The van der Waals surface area contributed by atoms with Crippen molar-refractivity contribution >= 4 is 51.5 Å². The Bertz CT molecular complexity index is 1410. The molecule has 3 amide bonds. The number of anilines is 3. The second-order valence-corrected chi connectivity index (χ2v) is 9.36. The molecule has 5 rings (SSSR count). The first-order chi connectivity index (χ1) is 18.0. The van der Waals surface area contributed by atoms with Crippen LogP contribution in [0.3, 0.4) is 0 Å². The van der Waals surface area contributed by atoms with Crippen molar-refractivity contribution < 1.29 is 9.59 Å². The molecule has 2 heterocycles. The number of hydrogen-bond donors (Lipinski definition) is 2. The molecule has 7 nitrogen and oxygen atoms in total. The first-order valence-corrected chi connectivity index (χ1v) is 12.7. The molecule has 0 unspecified atom stereocenters. The van der Waals surface area contributed by atoms with Crippen LogP contribution in [0, 0.1) is 0 Å². The van der Waals surface area contributed by atoms with Gasteiger partial charge in [0.05, 0.1) is 11.2 Å². The molecular formula is C29H28ClN5O2. The molecule has 2 N–H and O–H groups in total. The minimum atomic E-state index is -0.143. The van der Waals surface area contributed by atoms with E-state index >= 15 is 0 Å². The van der Waals surface area contributed by atoms with Crippen molar-refractivity contribution in [2.75, 3.05) is 36.8 Å². The van der Waals surface area contributed by atoms with Crippen molar-refractivity contribution in [2.24, 2.45) is 0 Å². The Hall–Kier alpha value is -4.10. The number of carbonyl (C=O) groups is 2. The zero-order chi connectivity index (χ0) is 25.8. The lowest BCUT2D eigenvalue weighted by Gasteiger charge is -2.34. The molecule has 1 fully saturated rings. The third kappa shape index (κ3) is 5.67. The first kappa shape index (κ1) is 24.6. The zero-order valence-electron chi connectivity index (χ0n) is 20.6. The van der Waals surface area contributed by atoms with E-state index in [1.165, 1.54) is 5.56 Å². The van der Waals surface area contributed by atoms with Crippen molar-refractivity contribution in [3.05, 3.63) is 95.1 Å². The van der Waals surface area contributed by atoms with Crippen molar-refractivity contribution in [3.8, 4) is 0 Å². The first-order valence-electron chi connectivity index (χ1n) is 12.4. The minimum absolute atomic E-state index is 0.0424. The predicted molar refractivity (Wildman–Crippen MR) is 149 cm³/mol. The highest BCUT2D eigenvalue weighted by Gasteiger charge is 2.25. The van der Waals surface area contributed by atoms with Gasteiger partial charge in [-0.1, -0.05) is 48.9 Å². The number of rotatable bonds is 5. The molecule has 0 radical (unpaired) electrons. The van der Waals surface area contributed by atoms with Crippen LogP contribution in [0.25, 0.3) is 10.9 Å². The van der Waals surface area contributed by atoms with Gasteiger partial charge in [-0.2, -0.15) is 0 Å². The average Bonchev–Trinajstić information content (AvgIpc) is 2.93. The predicted octanol–water partition coefficient (Wildman–Crippen LogP) is 6.18. The summed E-state index contributed by atoms with van der Waals surface area (Å²) in [4.78, 5) is 33.6. The highest BCUT2D eigenvalue weighted by Crippen LogP contribution is 2.28. The number of aromatic nitrogens is 1. The van der Waals surface area contributed by atoms with E-state index in [4.69, 9.17) is 11.6 Å². The number of benzene rings is 3. The third-order valence-corrected chi connectivity index (χ3v) is 6.76. The van der Waals surface area contributed by atoms with E-state index < -0.39 is 0 Å². The van der Waals surface area contributed by atoms with E-state index in [-0.39, 0.29) is 11.9 Å². The summed E-state index contributed by atoms with van der Waals surface area (Å²) in [5.74, 6) is -0.0424. The normalized spacial score (nSPS) is 13.5. The molecule has 0 atom stereocenters. The molecule has 1 aliphatic heterocycles. The van der Waals surface area contributed by atoms with Gasteiger partial charge < -0.3 is 20.4 Å². The molecule has 1 aliphatic rings. The lowest BCUT2D eigenvalue weighted by atomic mass is 10.1. The number of fused-ring (bicyclic) bond motifs is 1. The maximum absolute atomic E-state index is 13.1. The summed E-state index contributed by atoms with van der Waals surface area (Å²) >= 11 is 6.19. The van der Waals surface area contributed by atoms with Crippen LogP contribution in [-0.4, -0.2) is 52.9 Å². The van der Waals surface area contributed by atoms with Crippen LogP contribution in [0.1, 0.15) is 22.8 Å². The van der Waals surface area contributed by atoms with E-state index in [9.17, 15) is 9.59 Å². The second kappa shape index (κ2) is 10.9. The summed E-state index contributed by atoms with van der Waals surface area (Å²) in [6.45, 7) is 4.05. The van der Waals surface area contributed by atoms with Crippen molar-refractivity contribution in [2.45, 2.75) is 13.3 Å². The van der Waals surface area contributed by atoms with Gasteiger partial charge in [0.1, 0.15) is 5.15 Å². The maximum atomic E-state index is 13.1. The second-order valence-electron chi connectivity index (χ2n) is 8.97. The quantitative estimate of drug-likeness (QED) is 0.312. The molecule has 4 aromatic rings. The maximum Gasteiger partial charge on any atom is 0.321 e. The van der Waals surface area contributed by atoms with Crippen LogP contribution >= 0.6 is 11.6 Å². The number of piperazine rings is 1. The van der Waals surface area contributed by atoms with Crippen LogP contribution in [0.2, 0.25) is 5.15 Å². The lowest BCUT2D eigenvalue weighted by molar-refractivity contribution is 0.0671. The summed E-state index contributed by atoms with van der Waals surface area (Å²) < 4.78 is 0. The summed E-state index contributed by atoms with van der Waals surface area (Å²) in [7, 11) is 0. The molecule has 0 saturated carbocycles. The monoisotopic (exact) mass is 513 g/mol. The molecule has 0 spiro atoms. The largest absolute Gasteiger partial charge is 0.355 e. The lowest BCUT2D eigenvalue weighted by Crippen LogP contribution is -2.51. The highest BCUT2D eigenvalue weighted by molar-refractivity contribution is 6.30. The summed E-state index contributed by atoms with van der Waals surface area (Å²) in [6.07, 6.45) is 0.959. The minimum Gasteiger partial charge on any atom is -0.355 e. The average molecular weight is 514 g/mol. The van der Waals surface area contributed by atoms with Crippen LogP contribution in [0.5, 0.6) is 0 Å². The van der Waals surface area contributed by atoms with Gasteiger partial charge in [-0.05, 0) is 60.5 Å². The Kier molecular flexibility index (Phi) is 7.23. The van der Waals surface area contributed by atoms with E-state index in [0.717, 1.165) is 34.4 Å². The van der Waals surface area contributed by atoms with Gasteiger partial charge in [0, 0.05) is 48.5 Å². The van der Waals surface area contributed by atoms with Crippen LogP contribution in [-0.2, 0) is 6.42 Å². The van der Waals surface area contributed by atoms with Crippen molar-refractivity contribution in [1.29, 1.82) is 0 Å². The molecular weight excluding hydrogens is 486 g/mol. The van der Waals surface area contributed by atoms with Gasteiger partial charge >= 0.3 is 6.03 Å². The summed E-state index contributed by atoms with van der Waals surface area (Å²) in [6, 6.07) is 24.7. The zero-order valence-corrected chi connectivity index (χ0v) is 21.3. The Morgan fingerprint density at radius 3 is 2.22 bits per heavy atom. The number of carbonyl (C=O) groups excluding carboxylic acids is 2. The van der Waals surface area contributed by atoms with Gasteiger partial charge in [0.25, 0.3) is 5.91 Å². The summed E-state index contributed by atoms with van der Waals surface area (Å²) in [5.41, 5.74) is 5.12. The topological polar surface area (TPSA) is 77.6 Å². The number of para-hydroxylation sites is 1. The standard InChI is InChI=1S/C29H28ClN5O2/c1-2-20-7-11-23(12-8-20)32-29(37)35-17-15-34(16-18-35)28(36)21-9-13-22(14-10-21)31-26-19-27(30)33-25-6-4-3-5-24(25)26/h3-14,19H,2,15-18H2,1H3,(H,31,33)(H,32,37). The number of nitrogens with one attached hydrogen (secondary N) is 2. The van der Waals surface area contributed by atoms with Crippen LogP contribution in [0.15, 0.2) is 78.9 Å². The van der Waals surface area contributed by atoms with E-state index in [1.54, 1.807) is 15.9 Å². The van der Waals surface area contributed by atoms with Gasteiger partial charge in [-0.15, -0.1) is 0 Å². The van der Waals surface area contributed by atoms with Gasteiger partial charge in [-0.3, -0.25) is 4.79 Å². The van der Waals surface area contributed by atoms with Crippen molar-refractivity contribution in [1.82, 2.24) is 14.8 Å². The number of aryl methyl sites for hydroxylation is 1. The molecule has 8 heteroatoms. The van der Waals surface area contributed by atoms with Crippen LogP contribution in [0.4, 0.5) is 21.9 Å². The highest BCUT2D eigenvalue weighted by atomic mass is 35.5. The number of hydrogen-bond acceptors (Lipinski definition) is 4. The number of amides is 3. The number of nitrogens with zero attached hydrogens (tertiary/aromatic N) is 3. The number of urea groups is 1. The van der Waals surface area contributed by atoms with Gasteiger partial charge in [0.15, 0.2) is 0 Å². The van der Waals surface area contributed by atoms with E-state index in [2.05, 4.69) is 22.5 Å². The Morgan fingerprint density at radius 1 is 0.865 bits per heavy atom. The number of halogens is 1. The molecule has 1 saturated heterocycles. The molecule has 0 aliphatic carbocycles. The van der Waals surface area contributed by atoms with Crippen LogP contribution < -0.4 is 10.6 Å². The third-order valence-electron chi connectivity index (χ3n) is 6.56.